The van der Waals surface area contributed by atoms with E-state index in [9.17, 15) is 0 Å². The van der Waals surface area contributed by atoms with Crippen molar-refractivity contribution in [1.82, 2.24) is 5.32 Å². The van der Waals surface area contributed by atoms with Crippen molar-refractivity contribution in [2.45, 2.75) is 30.3 Å². The van der Waals surface area contributed by atoms with Crippen LogP contribution in [-0.4, -0.2) is 12.4 Å². The fourth-order valence-electron chi connectivity index (χ4n) is 3.15. The Morgan fingerprint density at radius 1 is 1.19 bits per heavy atom. The molecule has 2 aliphatic rings. The lowest BCUT2D eigenvalue weighted by atomic mass is 10.0. The van der Waals surface area contributed by atoms with Gasteiger partial charge in [-0.3, -0.25) is 0 Å². The van der Waals surface area contributed by atoms with Crippen LogP contribution < -0.4 is 10.1 Å². The smallest absolute Gasteiger partial charge is 0.122 e. The molecule has 0 saturated heterocycles. The molecule has 3 heteroatoms. The van der Waals surface area contributed by atoms with Crippen LogP contribution in [0.15, 0.2) is 47.4 Å². The first-order valence-corrected chi connectivity index (χ1v) is 8.58. The van der Waals surface area contributed by atoms with Crippen molar-refractivity contribution >= 4 is 11.8 Å². The van der Waals surface area contributed by atoms with Crippen molar-refractivity contribution in [1.29, 1.82) is 0 Å². The van der Waals surface area contributed by atoms with Crippen molar-refractivity contribution in [3.63, 3.8) is 0 Å². The monoisotopic (exact) mass is 297 g/mol. The molecule has 1 atom stereocenters. The third kappa shape index (κ3) is 2.68. The lowest BCUT2D eigenvalue weighted by molar-refractivity contribution is 0.357. The largest absolute Gasteiger partial charge is 0.493 e. The van der Waals surface area contributed by atoms with Crippen LogP contribution in [0.1, 0.15) is 29.2 Å². The predicted octanol–water partition coefficient (Wildman–Crippen LogP) is 3.95. The Morgan fingerprint density at radius 2 is 2.14 bits per heavy atom. The zero-order chi connectivity index (χ0) is 14.1. The number of fused-ring (bicyclic) bond motifs is 2. The molecule has 1 N–H and O–H groups in total. The third-order valence-corrected chi connectivity index (χ3v) is 5.39. The van der Waals surface area contributed by atoms with E-state index in [4.69, 9.17) is 4.74 Å². The van der Waals surface area contributed by atoms with Gasteiger partial charge in [-0.1, -0.05) is 30.3 Å². The number of hydrogen-bond donors (Lipinski definition) is 1. The fraction of sp³-hybridized carbons (Fsp3) is 0.333. The molecule has 108 valence electrons. The van der Waals surface area contributed by atoms with Crippen LogP contribution in [0.3, 0.4) is 0 Å². The summed E-state index contributed by atoms with van der Waals surface area (Å²) in [6.45, 7) is 1.76. The lowest BCUT2D eigenvalue weighted by Crippen LogP contribution is -2.24. The maximum Gasteiger partial charge on any atom is 0.122 e. The molecular formula is C18H19NOS. The molecular weight excluding hydrogens is 278 g/mol. The van der Waals surface area contributed by atoms with E-state index in [1.807, 2.05) is 11.8 Å². The molecule has 0 spiro atoms. The molecule has 2 nitrogen and oxygen atoms in total. The number of thioether (sulfide) groups is 1. The fourth-order valence-corrected chi connectivity index (χ4v) is 4.27. The summed E-state index contributed by atoms with van der Waals surface area (Å²) in [5.74, 6) is 2.27. The molecule has 2 heterocycles. The van der Waals surface area contributed by atoms with E-state index < -0.39 is 0 Å². The molecule has 4 rings (SSSR count). The Labute approximate surface area is 129 Å². The highest BCUT2D eigenvalue weighted by Crippen LogP contribution is 2.36. The number of ether oxygens (including phenoxy) is 1. The zero-order valence-electron chi connectivity index (χ0n) is 12.0. The number of nitrogens with one attached hydrogen (secondary N) is 1. The Bertz CT molecular complexity index is 655. The molecule has 0 radical (unpaired) electrons. The van der Waals surface area contributed by atoms with Gasteiger partial charge in [-0.25, -0.2) is 0 Å². The molecule has 0 fully saturated rings. The van der Waals surface area contributed by atoms with Gasteiger partial charge < -0.3 is 10.1 Å². The van der Waals surface area contributed by atoms with Gasteiger partial charge in [-0.15, -0.1) is 11.8 Å². The Morgan fingerprint density at radius 3 is 3.14 bits per heavy atom. The molecule has 2 aliphatic heterocycles. The normalized spacial score (nSPS) is 19.7. The van der Waals surface area contributed by atoms with Gasteiger partial charge in [-0.2, -0.15) is 0 Å². The maximum absolute atomic E-state index is 5.57. The molecule has 0 aromatic heterocycles. The van der Waals surface area contributed by atoms with E-state index in [-0.39, 0.29) is 0 Å². The second-order valence-electron chi connectivity index (χ2n) is 5.65. The zero-order valence-corrected chi connectivity index (χ0v) is 12.8. The summed E-state index contributed by atoms with van der Waals surface area (Å²) in [7, 11) is 0. The quantitative estimate of drug-likeness (QED) is 0.927. The summed E-state index contributed by atoms with van der Waals surface area (Å²) < 4.78 is 5.57. The van der Waals surface area contributed by atoms with Crippen molar-refractivity contribution in [2.75, 3.05) is 12.4 Å². The molecule has 2 aromatic carbocycles. The first kappa shape index (κ1) is 13.2. The van der Waals surface area contributed by atoms with E-state index >= 15 is 0 Å². The molecule has 0 amide bonds. The standard InChI is InChI=1S/C18H19NOS/c1-2-4-18-15(3-1)16(8-10-21-18)19-12-13-5-6-17-14(11-13)7-9-20-17/h1-6,11,16,19H,7-10,12H2. The van der Waals surface area contributed by atoms with Crippen molar-refractivity contribution < 1.29 is 4.74 Å². The Kier molecular flexibility index (Phi) is 3.62. The van der Waals surface area contributed by atoms with E-state index in [2.05, 4.69) is 47.8 Å². The summed E-state index contributed by atoms with van der Waals surface area (Å²) in [5, 5.41) is 3.73. The van der Waals surface area contributed by atoms with Crippen LogP contribution in [-0.2, 0) is 13.0 Å². The number of benzene rings is 2. The molecule has 0 aliphatic carbocycles. The van der Waals surface area contributed by atoms with Gasteiger partial charge in [0, 0.05) is 23.9 Å². The van der Waals surface area contributed by atoms with Crippen LogP contribution in [0.25, 0.3) is 0 Å². The molecule has 0 saturated carbocycles. The van der Waals surface area contributed by atoms with E-state index in [0.29, 0.717) is 6.04 Å². The molecule has 0 bridgehead atoms. The molecule has 1 unspecified atom stereocenters. The molecule has 2 aromatic rings. The van der Waals surface area contributed by atoms with Crippen molar-refractivity contribution in [2.24, 2.45) is 0 Å². The van der Waals surface area contributed by atoms with E-state index in [1.54, 1.807) is 0 Å². The predicted molar refractivity (Wildman–Crippen MR) is 87.0 cm³/mol. The first-order chi connectivity index (χ1) is 10.4. The highest BCUT2D eigenvalue weighted by atomic mass is 32.2. The van der Waals surface area contributed by atoms with Crippen LogP contribution in [0.2, 0.25) is 0 Å². The SMILES string of the molecule is c1ccc2c(c1)SCCC2NCc1ccc2c(c1)CCO2. The number of hydrogen-bond acceptors (Lipinski definition) is 3. The second kappa shape index (κ2) is 5.74. The van der Waals surface area contributed by atoms with Gasteiger partial charge in [0.15, 0.2) is 0 Å². The minimum absolute atomic E-state index is 0.479. The number of rotatable bonds is 3. The van der Waals surface area contributed by atoms with Gasteiger partial charge in [0.1, 0.15) is 5.75 Å². The maximum atomic E-state index is 5.57. The van der Waals surface area contributed by atoms with Crippen molar-refractivity contribution in [3.05, 3.63) is 59.2 Å². The van der Waals surface area contributed by atoms with E-state index in [1.165, 1.54) is 33.8 Å². The minimum Gasteiger partial charge on any atom is -0.493 e. The first-order valence-electron chi connectivity index (χ1n) is 7.60. The van der Waals surface area contributed by atoms with E-state index in [0.717, 1.165) is 25.3 Å². The van der Waals surface area contributed by atoms with Crippen LogP contribution in [0.4, 0.5) is 0 Å². The topological polar surface area (TPSA) is 21.3 Å². The van der Waals surface area contributed by atoms with Gasteiger partial charge in [0.25, 0.3) is 0 Å². The summed E-state index contributed by atoms with van der Waals surface area (Å²) in [6.07, 6.45) is 2.25. The summed E-state index contributed by atoms with van der Waals surface area (Å²) in [4.78, 5) is 1.43. The average Bonchev–Trinajstić information content (AvgIpc) is 3.00. The summed E-state index contributed by atoms with van der Waals surface area (Å²) in [5.41, 5.74) is 4.17. The van der Waals surface area contributed by atoms with Gasteiger partial charge in [0.2, 0.25) is 0 Å². The Balaban J connectivity index is 1.48. The summed E-state index contributed by atoms with van der Waals surface area (Å²) in [6, 6.07) is 15.8. The average molecular weight is 297 g/mol. The van der Waals surface area contributed by atoms with Gasteiger partial charge >= 0.3 is 0 Å². The van der Waals surface area contributed by atoms with Crippen LogP contribution in [0.5, 0.6) is 5.75 Å². The minimum atomic E-state index is 0.479. The van der Waals surface area contributed by atoms with Crippen LogP contribution >= 0.6 is 11.8 Å². The van der Waals surface area contributed by atoms with Crippen molar-refractivity contribution in [3.8, 4) is 5.75 Å². The van der Waals surface area contributed by atoms with Crippen LogP contribution in [0, 0.1) is 0 Å². The second-order valence-corrected chi connectivity index (χ2v) is 6.79. The molecule has 21 heavy (non-hydrogen) atoms. The highest BCUT2D eigenvalue weighted by molar-refractivity contribution is 7.99. The lowest BCUT2D eigenvalue weighted by Gasteiger charge is -2.26. The van der Waals surface area contributed by atoms with Gasteiger partial charge in [-0.05, 0) is 41.0 Å². The summed E-state index contributed by atoms with van der Waals surface area (Å²) >= 11 is 1.97. The highest BCUT2D eigenvalue weighted by Gasteiger charge is 2.20. The van der Waals surface area contributed by atoms with Gasteiger partial charge in [0.05, 0.1) is 6.61 Å². The Hall–Kier alpha value is -1.45. The third-order valence-electron chi connectivity index (χ3n) is 4.26.